The Morgan fingerprint density at radius 3 is 2.78 bits per heavy atom. The molecule has 0 saturated heterocycles. The van der Waals surface area contributed by atoms with E-state index < -0.39 is 11.3 Å². The number of alkyl halides is 1. The van der Waals surface area contributed by atoms with Crippen LogP contribution in [-0.4, -0.2) is 24.7 Å². The highest BCUT2D eigenvalue weighted by atomic mass is 35.5. The Kier molecular flexibility index (Phi) is 4.05. The number of rotatable bonds is 3. The first kappa shape index (κ1) is 8.43. The molecule has 4 heteroatoms. The molecule has 3 nitrogen and oxygen atoms in total. The molecule has 1 unspecified atom stereocenters. The van der Waals surface area contributed by atoms with Crippen molar-refractivity contribution in [1.29, 1.82) is 0 Å². The summed E-state index contributed by atoms with van der Waals surface area (Å²) in [7, 11) is 1.25. The van der Waals surface area contributed by atoms with Gasteiger partial charge in [-0.15, -0.1) is 11.6 Å². The van der Waals surface area contributed by atoms with Gasteiger partial charge in [0.2, 0.25) is 0 Å². The Bertz CT molecular complexity index is 113. The van der Waals surface area contributed by atoms with Gasteiger partial charge in [0.25, 0.3) is 0 Å². The molecular formula is C5H7ClO3. The van der Waals surface area contributed by atoms with Crippen LogP contribution in [0.4, 0.5) is 0 Å². The number of aldehydes is 1. The summed E-state index contributed by atoms with van der Waals surface area (Å²) in [5.74, 6) is -0.470. The molecule has 0 amide bonds. The van der Waals surface area contributed by atoms with Gasteiger partial charge in [0.15, 0.2) is 0 Å². The number of ether oxygens (including phenoxy) is 1. The van der Waals surface area contributed by atoms with Crippen LogP contribution in [0.1, 0.15) is 6.42 Å². The molecule has 0 aliphatic carbocycles. The van der Waals surface area contributed by atoms with Gasteiger partial charge in [-0.25, -0.2) is 0 Å². The minimum Gasteiger partial charge on any atom is -0.469 e. The van der Waals surface area contributed by atoms with Crippen LogP contribution in [-0.2, 0) is 14.3 Å². The summed E-state index contributed by atoms with van der Waals surface area (Å²) in [5, 5.41) is -0.752. The average Bonchev–Trinajstić information content (AvgIpc) is 1.87. The van der Waals surface area contributed by atoms with Gasteiger partial charge in [0.1, 0.15) is 6.29 Å². The van der Waals surface area contributed by atoms with Gasteiger partial charge in [-0.2, -0.15) is 0 Å². The molecule has 0 rings (SSSR count). The largest absolute Gasteiger partial charge is 0.469 e. The molecule has 0 aliphatic rings. The van der Waals surface area contributed by atoms with Gasteiger partial charge in [-0.3, -0.25) is 4.79 Å². The predicted octanol–water partition coefficient (Wildman–Crippen LogP) is 0.356. The number of halogens is 1. The van der Waals surface area contributed by atoms with Crippen molar-refractivity contribution in [2.45, 2.75) is 11.8 Å². The maximum absolute atomic E-state index is 10.3. The molecule has 0 fully saturated rings. The third-order valence-electron chi connectivity index (χ3n) is 0.737. The Hall–Kier alpha value is -0.570. The van der Waals surface area contributed by atoms with E-state index in [4.69, 9.17) is 11.6 Å². The first-order valence-corrected chi connectivity index (χ1v) is 2.80. The predicted molar refractivity (Wildman–Crippen MR) is 32.3 cm³/mol. The molecule has 0 heterocycles. The van der Waals surface area contributed by atoms with Crippen LogP contribution < -0.4 is 0 Å². The molecule has 0 N–H and O–H groups in total. The summed E-state index contributed by atoms with van der Waals surface area (Å²) in [6, 6.07) is 0. The second-order valence-corrected chi connectivity index (χ2v) is 1.99. The van der Waals surface area contributed by atoms with E-state index in [-0.39, 0.29) is 6.42 Å². The van der Waals surface area contributed by atoms with E-state index in [0.29, 0.717) is 6.29 Å². The average molecular weight is 151 g/mol. The van der Waals surface area contributed by atoms with Crippen molar-refractivity contribution >= 4 is 23.9 Å². The van der Waals surface area contributed by atoms with Crippen LogP contribution in [0.5, 0.6) is 0 Å². The minimum absolute atomic E-state index is 0.0540. The topological polar surface area (TPSA) is 43.4 Å². The molecule has 0 aromatic heterocycles. The lowest BCUT2D eigenvalue weighted by Crippen LogP contribution is -2.10. The standard InChI is InChI=1S/C5H7ClO3/c1-9-5(8)2-4(6)3-7/h3-4H,2H2,1H3. The minimum atomic E-state index is -0.752. The molecule has 0 aromatic carbocycles. The van der Waals surface area contributed by atoms with Crippen LogP contribution in [0.2, 0.25) is 0 Å². The SMILES string of the molecule is COC(=O)CC(Cl)C=O. The van der Waals surface area contributed by atoms with Gasteiger partial charge < -0.3 is 9.53 Å². The number of esters is 1. The van der Waals surface area contributed by atoms with Crippen LogP contribution in [0, 0.1) is 0 Å². The summed E-state index contributed by atoms with van der Waals surface area (Å²) in [4.78, 5) is 20.1. The third kappa shape index (κ3) is 3.97. The summed E-state index contributed by atoms with van der Waals surface area (Å²) in [6.45, 7) is 0. The van der Waals surface area contributed by atoms with Gasteiger partial charge >= 0.3 is 5.97 Å². The Labute approximate surface area is 57.9 Å². The molecule has 0 bridgehead atoms. The van der Waals surface area contributed by atoms with E-state index in [0.717, 1.165) is 0 Å². The van der Waals surface area contributed by atoms with Gasteiger partial charge in [0, 0.05) is 0 Å². The fraction of sp³-hybridized carbons (Fsp3) is 0.600. The number of methoxy groups -OCH3 is 1. The summed E-state index contributed by atoms with van der Waals surface area (Å²) >= 11 is 5.27. The maximum atomic E-state index is 10.3. The molecule has 52 valence electrons. The fourth-order valence-electron chi connectivity index (χ4n) is 0.291. The van der Waals surface area contributed by atoms with Crippen molar-refractivity contribution in [2.24, 2.45) is 0 Å². The quantitative estimate of drug-likeness (QED) is 0.331. The molecule has 0 spiro atoms. The number of hydrogen-bond acceptors (Lipinski definition) is 3. The van der Waals surface area contributed by atoms with Crippen molar-refractivity contribution in [3.63, 3.8) is 0 Å². The Morgan fingerprint density at radius 2 is 2.44 bits per heavy atom. The summed E-state index contributed by atoms with van der Waals surface area (Å²) in [5.41, 5.74) is 0. The maximum Gasteiger partial charge on any atom is 0.307 e. The first-order valence-electron chi connectivity index (χ1n) is 2.37. The van der Waals surface area contributed by atoms with Crippen LogP contribution >= 0.6 is 11.6 Å². The molecule has 0 aliphatic heterocycles. The smallest absolute Gasteiger partial charge is 0.307 e. The zero-order chi connectivity index (χ0) is 7.28. The van der Waals surface area contributed by atoms with Crippen molar-refractivity contribution in [3.05, 3.63) is 0 Å². The van der Waals surface area contributed by atoms with E-state index in [2.05, 4.69) is 4.74 Å². The second kappa shape index (κ2) is 4.32. The number of carbonyl (C=O) groups is 2. The van der Waals surface area contributed by atoms with E-state index in [1.807, 2.05) is 0 Å². The zero-order valence-electron chi connectivity index (χ0n) is 4.96. The van der Waals surface area contributed by atoms with E-state index in [1.54, 1.807) is 0 Å². The highest BCUT2D eigenvalue weighted by Crippen LogP contribution is 1.98. The number of hydrogen-bond donors (Lipinski definition) is 0. The molecular weight excluding hydrogens is 144 g/mol. The van der Waals surface area contributed by atoms with Crippen LogP contribution in [0.25, 0.3) is 0 Å². The van der Waals surface area contributed by atoms with Gasteiger partial charge in [-0.1, -0.05) is 0 Å². The van der Waals surface area contributed by atoms with E-state index in [1.165, 1.54) is 7.11 Å². The van der Waals surface area contributed by atoms with Crippen molar-refractivity contribution in [3.8, 4) is 0 Å². The van der Waals surface area contributed by atoms with Gasteiger partial charge in [0.05, 0.1) is 18.9 Å². The van der Waals surface area contributed by atoms with E-state index >= 15 is 0 Å². The normalized spacial score (nSPS) is 12.2. The van der Waals surface area contributed by atoms with Crippen LogP contribution in [0.3, 0.4) is 0 Å². The fourth-order valence-corrected chi connectivity index (χ4v) is 0.417. The first-order chi connectivity index (χ1) is 4.20. The lowest BCUT2D eigenvalue weighted by Gasteiger charge is -1.97. The highest BCUT2D eigenvalue weighted by Gasteiger charge is 2.08. The highest BCUT2D eigenvalue weighted by molar-refractivity contribution is 6.28. The lowest BCUT2D eigenvalue weighted by molar-refractivity contribution is -0.141. The number of carbonyl (C=O) groups excluding carboxylic acids is 2. The molecule has 1 atom stereocenters. The zero-order valence-corrected chi connectivity index (χ0v) is 5.72. The molecule has 9 heavy (non-hydrogen) atoms. The third-order valence-corrected chi connectivity index (χ3v) is 0.994. The summed E-state index contributed by atoms with van der Waals surface area (Å²) < 4.78 is 4.24. The molecule has 0 saturated carbocycles. The van der Waals surface area contributed by atoms with Crippen LogP contribution in [0.15, 0.2) is 0 Å². The molecule has 0 aromatic rings. The summed E-state index contributed by atoms with van der Waals surface area (Å²) in [6.07, 6.45) is 0.444. The van der Waals surface area contributed by atoms with E-state index in [9.17, 15) is 9.59 Å². The Balaban J connectivity index is 3.46. The van der Waals surface area contributed by atoms with Gasteiger partial charge in [-0.05, 0) is 0 Å². The Morgan fingerprint density at radius 1 is 1.89 bits per heavy atom. The monoisotopic (exact) mass is 150 g/mol. The second-order valence-electron chi connectivity index (χ2n) is 1.43. The van der Waals surface area contributed by atoms with Crippen molar-refractivity contribution in [1.82, 2.24) is 0 Å². The lowest BCUT2D eigenvalue weighted by atomic mass is 10.3. The van der Waals surface area contributed by atoms with Crippen molar-refractivity contribution < 1.29 is 14.3 Å². The molecule has 0 radical (unpaired) electrons. The van der Waals surface area contributed by atoms with Crippen molar-refractivity contribution in [2.75, 3.05) is 7.11 Å².